The van der Waals surface area contributed by atoms with E-state index in [1.165, 1.54) is 6.07 Å². The van der Waals surface area contributed by atoms with E-state index in [1.54, 1.807) is 12.1 Å². The zero-order valence-electron chi connectivity index (χ0n) is 10.1. The van der Waals surface area contributed by atoms with Gasteiger partial charge in [-0.2, -0.15) is 0 Å². The first-order valence-electron chi connectivity index (χ1n) is 5.60. The van der Waals surface area contributed by atoms with E-state index in [1.807, 2.05) is 25.2 Å². The SMILES string of the molecule is CNC(c1cc(Br)ccc1F)c1cc(Cl)ccc1I. The van der Waals surface area contributed by atoms with E-state index in [2.05, 4.69) is 43.8 Å². The Balaban J connectivity index is 2.55. The molecule has 0 radical (unpaired) electrons. The van der Waals surface area contributed by atoms with Gasteiger partial charge in [0.25, 0.3) is 0 Å². The van der Waals surface area contributed by atoms with Gasteiger partial charge in [0, 0.05) is 18.6 Å². The molecule has 0 amide bonds. The van der Waals surface area contributed by atoms with Crippen LogP contribution in [0, 0.1) is 9.39 Å². The van der Waals surface area contributed by atoms with Gasteiger partial charge < -0.3 is 5.32 Å². The van der Waals surface area contributed by atoms with E-state index < -0.39 is 0 Å². The van der Waals surface area contributed by atoms with Gasteiger partial charge in [0.05, 0.1) is 6.04 Å². The maximum Gasteiger partial charge on any atom is 0.128 e. The third-order valence-corrected chi connectivity index (χ3v) is 4.54. The van der Waals surface area contributed by atoms with Crippen molar-refractivity contribution in [3.05, 3.63) is 66.4 Å². The van der Waals surface area contributed by atoms with Crippen LogP contribution in [0.2, 0.25) is 5.02 Å². The van der Waals surface area contributed by atoms with Gasteiger partial charge in [-0.05, 0) is 71.6 Å². The van der Waals surface area contributed by atoms with Crippen molar-refractivity contribution in [3.8, 4) is 0 Å². The molecule has 2 rings (SSSR count). The maximum absolute atomic E-state index is 14.0. The minimum Gasteiger partial charge on any atom is -0.309 e. The molecule has 5 heteroatoms. The molecule has 0 fully saturated rings. The Morgan fingerprint density at radius 2 is 1.95 bits per heavy atom. The summed E-state index contributed by atoms with van der Waals surface area (Å²) in [7, 11) is 1.81. The van der Waals surface area contributed by atoms with Gasteiger partial charge in [-0.1, -0.05) is 27.5 Å². The van der Waals surface area contributed by atoms with Crippen LogP contribution in [0.25, 0.3) is 0 Å². The molecule has 0 saturated heterocycles. The topological polar surface area (TPSA) is 12.0 Å². The van der Waals surface area contributed by atoms with Crippen LogP contribution in [-0.2, 0) is 0 Å². The highest BCUT2D eigenvalue weighted by atomic mass is 127. The van der Waals surface area contributed by atoms with Crippen molar-refractivity contribution in [2.24, 2.45) is 0 Å². The van der Waals surface area contributed by atoms with Gasteiger partial charge in [-0.15, -0.1) is 0 Å². The Labute approximate surface area is 138 Å². The van der Waals surface area contributed by atoms with Crippen LogP contribution in [0.3, 0.4) is 0 Å². The molecule has 2 aromatic rings. The molecule has 0 aliphatic carbocycles. The van der Waals surface area contributed by atoms with Gasteiger partial charge in [0.15, 0.2) is 0 Å². The van der Waals surface area contributed by atoms with Gasteiger partial charge in [0.2, 0.25) is 0 Å². The summed E-state index contributed by atoms with van der Waals surface area (Å²) in [6.07, 6.45) is 0. The summed E-state index contributed by atoms with van der Waals surface area (Å²) in [6, 6.07) is 10.3. The largest absolute Gasteiger partial charge is 0.309 e. The summed E-state index contributed by atoms with van der Waals surface area (Å²) in [5, 5.41) is 3.79. The second kappa shape index (κ2) is 6.52. The Bertz CT molecular complexity index is 554. The zero-order chi connectivity index (χ0) is 14.0. The highest BCUT2D eigenvalue weighted by Gasteiger charge is 2.19. The smallest absolute Gasteiger partial charge is 0.128 e. The highest BCUT2D eigenvalue weighted by Crippen LogP contribution is 2.31. The van der Waals surface area contributed by atoms with Crippen LogP contribution >= 0.6 is 50.1 Å². The fourth-order valence-corrected chi connectivity index (χ4v) is 3.16. The first kappa shape index (κ1) is 15.2. The molecule has 1 N–H and O–H groups in total. The quantitative estimate of drug-likeness (QED) is 0.633. The lowest BCUT2D eigenvalue weighted by atomic mass is 9.98. The lowest BCUT2D eigenvalue weighted by molar-refractivity contribution is 0.575. The van der Waals surface area contributed by atoms with Crippen LogP contribution in [0.15, 0.2) is 40.9 Å². The Morgan fingerprint density at radius 1 is 1.21 bits per heavy atom. The van der Waals surface area contributed by atoms with Crippen LogP contribution in [0.4, 0.5) is 4.39 Å². The molecule has 1 nitrogen and oxygen atoms in total. The molecular formula is C14H11BrClFIN. The van der Waals surface area contributed by atoms with Crippen LogP contribution in [0.5, 0.6) is 0 Å². The molecule has 1 atom stereocenters. The fourth-order valence-electron chi connectivity index (χ4n) is 1.95. The highest BCUT2D eigenvalue weighted by molar-refractivity contribution is 14.1. The Kier molecular flexibility index (Phi) is 5.22. The summed E-state index contributed by atoms with van der Waals surface area (Å²) >= 11 is 11.6. The van der Waals surface area contributed by atoms with E-state index in [0.717, 1.165) is 13.6 Å². The molecule has 0 aliphatic rings. The molecule has 1 unspecified atom stereocenters. The lowest BCUT2D eigenvalue weighted by Gasteiger charge is -2.20. The average Bonchev–Trinajstić information content (AvgIpc) is 2.38. The molecule has 2 aromatic carbocycles. The minimum atomic E-state index is -0.238. The minimum absolute atomic E-state index is 0.233. The molecule has 0 heterocycles. The van der Waals surface area contributed by atoms with E-state index in [4.69, 9.17) is 11.6 Å². The second-order valence-corrected chi connectivity index (χ2v) is 6.57. The predicted octanol–water partition coefficient (Wildman–Crippen LogP) is 5.16. The molecule has 0 bridgehead atoms. The van der Waals surface area contributed by atoms with Crippen molar-refractivity contribution in [2.45, 2.75) is 6.04 Å². The summed E-state index contributed by atoms with van der Waals surface area (Å²) in [5.41, 5.74) is 1.56. The number of hydrogen-bond acceptors (Lipinski definition) is 1. The standard InChI is InChI=1S/C14H11BrClFIN/c1-19-14(10-6-8(15)2-4-12(10)17)11-7-9(16)3-5-13(11)18/h2-7,14,19H,1H3. The normalized spacial score (nSPS) is 12.5. The first-order valence-corrected chi connectivity index (χ1v) is 7.85. The molecule has 100 valence electrons. The van der Waals surface area contributed by atoms with Gasteiger partial charge in [0.1, 0.15) is 5.82 Å². The summed E-state index contributed by atoms with van der Waals surface area (Å²) < 4.78 is 15.9. The Morgan fingerprint density at radius 3 is 2.63 bits per heavy atom. The van der Waals surface area contributed by atoms with Crippen LogP contribution < -0.4 is 5.32 Å². The monoisotopic (exact) mass is 453 g/mol. The van der Waals surface area contributed by atoms with Crippen molar-refractivity contribution < 1.29 is 4.39 Å². The Hall–Kier alpha value is -0.170. The van der Waals surface area contributed by atoms with Crippen molar-refractivity contribution in [1.82, 2.24) is 5.32 Å². The lowest BCUT2D eigenvalue weighted by Crippen LogP contribution is -2.20. The number of rotatable bonds is 3. The van der Waals surface area contributed by atoms with Gasteiger partial charge in [-0.25, -0.2) is 4.39 Å². The molecule has 0 saturated carbocycles. The first-order chi connectivity index (χ1) is 9.02. The van der Waals surface area contributed by atoms with Gasteiger partial charge in [-0.3, -0.25) is 0 Å². The molecule has 0 aliphatic heterocycles. The van der Waals surface area contributed by atoms with Crippen LogP contribution in [-0.4, -0.2) is 7.05 Å². The van der Waals surface area contributed by atoms with E-state index in [-0.39, 0.29) is 11.9 Å². The zero-order valence-corrected chi connectivity index (χ0v) is 14.6. The third-order valence-electron chi connectivity index (χ3n) is 2.83. The molecule has 0 spiro atoms. The van der Waals surface area contributed by atoms with Gasteiger partial charge >= 0.3 is 0 Å². The number of nitrogens with one attached hydrogen (secondary N) is 1. The van der Waals surface area contributed by atoms with Crippen molar-refractivity contribution in [2.75, 3.05) is 7.05 Å². The fraction of sp³-hybridized carbons (Fsp3) is 0.143. The number of halogens is 4. The summed E-state index contributed by atoms with van der Waals surface area (Å²) in [4.78, 5) is 0. The van der Waals surface area contributed by atoms with Crippen molar-refractivity contribution in [3.63, 3.8) is 0 Å². The maximum atomic E-state index is 14.0. The van der Waals surface area contributed by atoms with E-state index >= 15 is 0 Å². The molecule has 19 heavy (non-hydrogen) atoms. The van der Waals surface area contributed by atoms with Crippen molar-refractivity contribution in [1.29, 1.82) is 0 Å². The van der Waals surface area contributed by atoms with E-state index in [0.29, 0.717) is 10.6 Å². The van der Waals surface area contributed by atoms with Crippen molar-refractivity contribution >= 4 is 50.1 Å². The average molecular weight is 455 g/mol. The second-order valence-electron chi connectivity index (χ2n) is 4.05. The predicted molar refractivity (Wildman–Crippen MR) is 89.2 cm³/mol. The third kappa shape index (κ3) is 3.48. The summed E-state index contributed by atoms with van der Waals surface area (Å²) in [5.74, 6) is -0.238. The molecule has 0 aromatic heterocycles. The number of benzene rings is 2. The molecular weight excluding hydrogens is 443 g/mol. The van der Waals surface area contributed by atoms with Crippen LogP contribution in [0.1, 0.15) is 17.2 Å². The van der Waals surface area contributed by atoms with E-state index in [9.17, 15) is 4.39 Å². The number of hydrogen-bond donors (Lipinski definition) is 1. The summed E-state index contributed by atoms with van der Waals surface area (Å²) in [6.45, 7) is 0.